The van der Waals surface area contributed by atoms with E-state index in [2.05, 4.69) is 4.98 Å². The van der Waals surface area contributed by atoms with Crippen molar-refractivity contribution in [1.29, 1.82) is 0 Å². The van der Waals surface area contributed by atoms with Crippen LogP contribution in [0.3, 0.4) is 0 Å². The summed E-state index contributed by atoms with van der Waals surface area (Å²) in [5.41, 5.74) is 7.72. The molecule has 1 heterocycles. The van der Waals surface area contributed by atoms with Crippen molar-refractivity contribution >= 4 is 28.9 Å². The first-order chi connectivity index (χ1) is 8.58. The summed E-state index contributed by atoms with van der Waals surface area (Å²) >= 11 is 11.9. The van der Waals surface area contributed by atoms with Crippen LogP contribution in [0.25, 0.3) is 0 Å². The second-order valence-corrected chi connectivity index (χ2v) is 4.80. The fraction of sp³-hybridized carbons (Fsp3) is 0.154. The van der Waals surface area contributed by atoms with Gasteiger partial charge in [0, 0.05) is 40.1 Å². The van der Waals surface area contributed by atoms with E-state index in [-0.39, 0.29) is 0 Å². The van der Waals surface area contributed by atoms with Crippen LogP contribution in [0.2, 0.25) is 10.0 Å². The molecule has 0 saturated carbocycles. The van der Waals surface area contributed by atoms with E-state index in [1.165, 1.54) is 0 Å². The number of pyridine rings is 1. The third-order valence-corrected chi connectivity index (χ3v) is 3.26. The minimum Gasteiger partial charge on any atom is -0.398 e. The van der Waals surface area contributed by atoms with Crippen molar-refractivity contribution in [2.45, 2.75) is 12.5 Å². The third-order valence-electron chi connectivity index (χ3n) is 2.67. The van der Waals surface area contributed by atoms with Crippen LogP contribution in [0, 0.1) is 0 Å². The minimum absolute atomic E-state index is 0.367. The molecule has 1 atom stereocenters. The van der Waals surface area contributed by atoms with Gasteiger partial charge in [-0.1, -0.05) is 29.3 Å². The molecule has 0 saturated heterocycles. The van der Waals surface area contributed by atoms with Crippen molar-refractivity contribution in [3.05, 3.63) is 57.8 Å². The zero-order valence-electron chi connectivity index (χ0n) is 9.48. The Morgan fingerprint density at radius 1 is 1.28 bits per heavy atom. The number of aliphatic hydroxyl groups is 1. The van der Waals surface area contributed by atoms with Gasteiger partial charge in [-0.15, -0.1) is 0 Å². The first-order valence-corrected chi connectivity index (χ1v) is 6.15. The van der Waals surface area contributed by atoms with E-state index in [0.717, 1.165) is 5.56 Å². The fourth-order valence-corrected chi connectivity index (χ4v) is 2.19. The molecule has 2 rings (SSSR count). The summed E-state index contributed by atoms with van der Waals surface area (Å²) in [6, 6.07) is 6.84. The van der Waals surface area contributed by atoms with Gasteiger partial charge in [-0.2, -0.15) is 0 Å². The Labute approximate surface area is 115 Å². The summed E-state index contributed by atoms with van der Waals surface area (Å²) in [5.74, 6) is 0. The zero-order chi connectivity index (χ0) is 13.1. The van der Waals surface area contributed by atoms with Gasteiger partial charge in [0.25, 0.3) is 0 Å². The van der Waals surface area contributed by atoms with E-state index < -0.39 is 6.10 Å². The lowest BCUT2D eigenvalue weighted by Crippen LogP contribution is -2.06. The summed E-state index contributed by atoms with van der Waals surface area (Å²) in [6.45, 7) is 0. The Kier molecular flexibility index (Phi) is 4.07. The molecule has 5 heteroatoms. The summed E-state index contributed by atoms with van der Waals surface area (Å²) in [5, 5.41) is 11.2. The smallest absolute Gasteiger partial charge is 0.0865 e. The lowest BCUT2D eigenvalue weighted by molar-refractivity contribution is 0.179. The molecule has 94 valence electrons. The zero-order valence-corrected chi connectivity index (χ0v) is 11.0. The monoisotopic (exact) mass is 282 g/mol. The number of aromatic nitrogens is 1. The molecule has 0 radical (unpaired) electrons. The van der Waals surface area contributed by atoms with Gasteiger partial charge in [0.05, 0.1) is 6.10 Å². The minimum atomic E-state index is -0.739. The Morgan fingerprint density at radius 3 is 2.72 bits per heavy atom. The van der Waals surface area contributed by atoms with Crippen molar-refractivity contribution in [3.8, 4) is 0 Å². The number of anilines is 1. The van der Waals surface area contributed by atoms with Crippen LogP contribution in [0.15, 0.2) is 36.7 Å². The number of rotatable bonds is 3. The number of halogens is 2. The highest BCUT2D eigenvalue weighted by Crippen LogP contribution is 2.27. The number of hydrogen-bond acceptors (Lipinski definition) is 3. The highest BCUT2D eigenvalue weighted by Gasteiger charge is 2.13. The van der Waals surface area contributed by atoms with Gasteiger partial charge >= 0.3 is 0 Å². The van der Waals surface area contributed by atoms with Crippen LogP contribution in [0.4, 0.5) is 5.69 Å². The summed E-state index contributed by atoms with van der Waals surface area (Å²) in [7, 11) is 0. The highest BCUT2D eigenvalue weighted by molar-refractivity contribution is 6.35. The van der Waals surface area contributed by atoms with E-state index in [9.17, 15) is 5.11 Å². The maximum Gasteiger partial charge on any atom is 0.0865 e. The predicted octanol–water partition coefficient (Wildman–Crippen LogP) is 3.25. The molecule has 3 N–H and O–H groups in total. The van der Waals surface area contributed by atoms with Gasteiger partial charge in [-0.25, -0.2) is 0 Å². The number of nitrogens with two attached hydrogens (primary N) is 1. The molecule has 0 aliphatic heterocycles. The standard InChI is InChI=1S/C13H12Cl2N2O/c14-9-2-1-8(11(15)6-9)5-13(18)10-7-17-4-3-12(10)16/h1-4,6-7,13,18H,5H2,(H2,16,17). The van der Waals surface area contributed by atoms with Crippen LogP contribution in [0.5, 0.6) is 0 Å². The van der Waals surface area contributed by atoms with Gasteiger partial charge in [0.2, 0.25) is 0 Å². The molecule has 0 aliphatic carbocycles. The number of nitrogen functional groups attached to an aromatic ring is 1. The normalized spacial score (nSPS) is 12.4. The predicted molar refractivity (Wildman–Crippen MR) is 73.8 cm³/mol. The molecule has 0 aliphatic rings. The van der Waals surface area contributed by atoms with Gasteiger partial charge in [0.15, 0.2) is 0 Å². The maximum absolute atomic E-state index is 10.1. The first-order valence-electron chi connectivity index (χ1n) is 5.39. The average Bonchev–Trinajstić information content (AvgIpc) is 2.33. The van der Waals surface area contributed by atoms with Gasteiger partial charge < -0.3 is 10.8 Å². The number of benzene rings is 1. The molecule has 1 aromatic heterocycles. The molecule has 2 aromatic rings. The van der Waals surface area contributed by atoms with E-state index in [0.29, 0.717) is 27.7 Å². The second kappa shape index (κ2) is 5.57. The number of aliphatic hydroxyl groups excluding tert-OH is 1. The Bertz CT molecular complexity index is 560. The van der Waals surface area contributed by atoms with Gasteiger partial charge in [-0.3, -0.25) is 4.98 Å². The molecule has 1 aromatic carbocycles. The fourth-order valence-electron chi connectivity index (χ4n) is 1.70. The number of nitrogens with zero attached hydrogens (tertiary/aromatic N) is 1. The molecule has 0 amide bonds. The van der Waals surface area contributed by atoms with E-state index in [4.69, 9.17) is 28.9 Å². The SMILES string of the molecule is Nc1ccncc1C(O)Cc1ccc(Cl)cc1Cl. The summed E-state index contributed by atoms with van der Waals surface area (Å²) in [6.07, 6.45) is 2.77. The molecule has 0 spiro atoms. The van der Waals surface area contributed by atoms with Crippen molar-refractivity contribution in [2.24, 2.45) is 0 Å². The van der Waals surface area contributed by atoms with Crippen LogP contribution < -0.4 is 5.73 Å². The first kappa shape index (κ1) is 13.1. The molecule has 18 heavy (non-hydrogen) atoms. The van der Waals surface area contributed by atoms with E-state index in [1.807, 2.05) is 0 Å². The largest absolute Gasteiger partial charge is 0.398 e. The maximum atomic E-state index is 10.1. The lowest BCUT2D eigenvalue weighted by atomic mass is 10.0. The molecule has 0 fully saturated rings. The Morgan fingerprint density at radius 2 is 2.06 bits per heavy atom. The highest BCUT2D eigenvalue weighted by atomic mass is 35.5. The van der Waals surface area contributed by atoms with Crippen molar-refractivity contribution in [1.82, 2.24) is 4.98 Å². The van der Waals surface area contributed by atoms with Crippen molar-refractivity contribution < 1.29 is 5.11 Å². The van der Waals surface area contributed by atoms with Crippen LogP contribution in [0.1, 0.15) is 17.2 Å². The van der Waals surface area contributed by atoms with E-state index >= 15 is 0 Å². The van der Waals surface area contributed by atoms with Gasteiger partial charge in [0.1, 0.15) is 0 Å². The van der Waals surface area contributed by atoms with Crippen LogP contribution in [-0.2, 0) is 6.42 Å². The van der Waals surface area contributed by atoms with Crippen molar-refractivity contribution in [3.63, 3.8) is 0 Å². The summed E-state index contributed by atoms with van der Waals surface area (Å²) in [4.78, 5) is 3.95. The molecule has 0 bridgehead atoms. The van der Waals surface area contributed by atoms with E-state index in [1.54, 1.807) is 36.7 Å². The third kappa shape index (κ3) is 2.93. The topological polar surface area (TPSA) is 59.1 Å². The van der Waals surface area contributed by atoms with Crippen LogP contribution >= 0.6 is 23.2 Å². The summed E-state index contributed by atoms with van der Waals surface area (Å²) < 4.78 is 0. The molecule has 1 unspecified atom stereocenters. The average molecular weight is 283 g/mol. The number of hydrogen-bond donors (Lipinski definition) is 2. The molecular weight excluding hydrogens is 271 g/mol. The quantitative estimate of drug-likeness (QED) is 0.909. The Balaban J connectivity index is 2.21. The second-order valence-electron chi connectivity index (χ2n) is 3.96. The lowest BCUT2D eigenvalue weighted by Gasteiger charge is -2.13. The van der Waals surface area contributed by atoms with Gasteiger partial charge in [-0.05, 0) is 23.8 Å². The van der Waals surface area contributed by atoms with Crippen LogP contribution in [-0.4, -0.2) is 10.1 Å². The van der Waals surface area contributed by atoms with Crippen molar-refractivity contribution in [2.75, 3.05) is 5.73 Å². The molecular formula is C13H12Cl2N2O. The molecule has 3 nitrogen and oxygen atoms in total. The Hall–Kier alpha value is -1.29.